The van der Waals surface area contributed by atoms with Crippen molar-refractivity contribution < 1.29 is 9.53 Å². The molecule has 0 radical (unpaired) electrons. The molecule has 2 nitrogen and oxygen atoms in total. The second-order valence-electron chi connectivity index (χ2n) is 4.83. The summed E-state index contributed by atoms with van der Waals surface area (Å²) in [6.45, 7) is 6.38. The Labute approximate surface area is 99.1 Å². The summed E-state index contributed by atoms with van der Waals surface area (Å²) in [5.41, 5.74) is 0.764. The molecule has 0 aromatic carbocycles. The maximum atomic E-state index is 11.5. The summed E-state index contributed by atoms with van der Waals surface area (Å²) in [5, 5.41) is 0. The second-order valence-corrected chi connectivity index (χ2v) is 4.83. The van der Waals surface area contributed by atoms with E-state index in [-0.39, 0.29) is 5.97 Å². The molecular weight excluding hydrogens is 200 g/mol. The molecule has 0 spiro atoms. The smallest absolute Gasteiger partial charge is 0.333 e. The molecule has 92 valence electrons. The van der Waals surface area contributed by atoms with Crippen molar-refractivity contribution >= 4 is 5.97 Å². The summed E-state index contributed by atoms with van der Waals surface area (Å²) in [7, 11) is 0. The largest absolute Gasteiger partial charge is 0.463 e. The fourth-order valence-electron chi connectivity index (χ4n) is 2.50. The van der Waals surface area contributed by atoms with E-state index in [4.69, 9.17) is 4.74 Å². The molecule has 0 aromatic rings. The van der Waals surface area contributed by atoms with E-state index in [2.05, 4.69) is 13.0 Å². The van der Waals surface area contributed by atoms with Gasteiger partial charge in [-0.3, -0.25) is 0 Å². The number of ether oxygens (including phenoxy) is 1. The molecule has 0 amide bonds. The van der Waals surface area contributed by atoms with Crippen molar-refractivity contribution in [2.75, 3.05) is 6.61 Å². The normalized spacial score (nSPS) is 20.6. The van der Waals surface area contributed by atoms with Crippen LogP contribution in [0.2, 0.25) is 0 Å². The van der Waals surface area contributed by atoms with Gasteiger partial charge in [-0.05, 0) is 38.5 Å². The molecule has 1 unspecified atom stereocenters. The highest BCUT2D eigenvalue weighted by Crippen LogP contribution is 2.31. The van der Waals surface area contributed by atoms with Crippen LogP contribution in [0, 0.1) is 11.8 Å². The Balaban J connectivity index is 2.49. The molecule has 1 fully saturated rings. The predicted octanol–water partition coefficient (Wildman–Crippen LogP) is 3.71. The summed E-state index contributed by atoms with van der Waals surface area (Å²) in [4.78, 5) is 11.5. The van der Waals surface area contributed by atoms with Gasteiger partial charge in [-0.1, -0.05) is 32.3 Å². The third-order valence-electron chi connectivity index (χ3n) is 3.50. The lowest BCUT2D eigenvalue weighted by Gasteiger charge is -2.25. The number of esters is 1. The molecule has 1 aliphatic carbocycles. The standard InChI is InChI=1S/C14H24O2/c1-4-16-14(15)12(3)10-11(2)13-8-6-5-7-9-13/h10-11,13H,4-9H2,1-3H3/b12-10+. The third kappa shape index (κ3) is 3.99. The summed E-state index contributed by atoms with van der Waals surface area (Å²) < 4.78 is 4.98. The van der Waals surface area contributed by atoms with E-state index in [1.165, 1.54) is 32.1 Å². The Morgan fingerprint density at radius 3 is 2.56 bits per heavy atom. The van der Waals surface area contributed by atoms with E-state index < -0.39 is 0 Å². The van der Waals surface area contributed by atoms with Crippen molar-refractivity contribution in [1.29, 1.82) is 0 Å². The van der Waals surface area contributed by atoms with Gasteiger partial charge in [-0.2, -0.15) is 0 Å². The highest BCUT2D eigenvalue weighted by atomic mass is 16.5. The molecule has 0 heterocycles. The molecule has 0 bridgehead atoms. The fourth-order valence-corrected chi connectivity index (χ4v) is 2.50. The van der Waals surface area contributed by atoms with Crippen LogP contribution in [0.15, 0.2) is 11.6 Å². The van der Waals surface area contributed by atoms with Crippen LogP contribution in [0.25, 0.3) is 0 Å². The Kier molecular flexibility index (Phi) is 5.58. The molecule has 0 aliphatic heterocycles. The number of hydrogen-bond donors (Lipinski definition) is 0. The Morgan fingerprint density at radius 1 is 1.38 bits per heavy atom. The molecule has 0 aromatic heterocycles. The Hall–Kier alpha value is -0.790. The lowest BCUT2D eigenvalue weighted by Crippen LogP contribution is -2.15. The van der Waals surface area contributed by atoms with Gasteiger partial charge in [0, 0.05) is 5.57 Å². The van der Waals surface area contributed by atoms with Crippen LogP contribution >= 0.6 is 0 Å². The van der Waals surface area contributed by atoms with E-state index in [0.29, 0.717) is 12.5 Å². The molecule has 1 saturated carbocycles. The number of hydrogen-bond acceptors (Lipinski definition) is 2. The minimum Gasteiger partial charge on any atom is -0.463 e. The Bertz CT molecular complexity index is 249. The minimum atomic E-state index is -0.162. The molecule has 2 heteroatoms. The molecular formula is C14H24O2. The van der Waals surface area contributed by atoms with Crippen LogP contribution in [0.4, 0.5) is 0 Å². The molecule has 0 N–H and O–H groups in total. The lowest BCUT2D eigenvalue weighted by molar-refractivity contribution is -0.138. The van der Waals surface area contributed by atoms with Gasteiger partial charge in [0.05, 0.1) is 6.61 Å². The van der Waals surface area contributed by atoms with Crippen molar-refractivity contribution in [3.8, 4) is 0 Å². The second kappa shape index (κ2) is 6.72. The van der Waals surface area contributed by atoms with Crippen LogP contribution in [-0.2, 0) is 9.53 Å². The minimum absolute atomic E-state index is 0.162. The highest BCUT2D eigenvalue weighted by Gasteiger charge is 2.19. The first-order chi connectivity index (χ1) is 7.65. The molecule has 1 atom stereocenters. The fraction of sp³-hybridized carbons (Fsp3) is 0.786. The lowest BCUT2D eigenvalue weighted by atomic mass is 9.80. The van der Waals surface area contributed by atoms with Gasteiger partial charge in [-0.25, -0.2) is 4.79 Å². The van der Waals surface area contributed by atoms with Crippen molar-refractivity contribution in [3.63, 3.8) is 0 Å². The van der Waals surface area contributed by atoms with Gasteiger partial charge in [0.2, 0.25) is 0 Å². The molecule has 1 rings (SSSR count). The topological polar surface area (TPSA) is 26.3 Å². The summed E-state index contributed by atoms with van der Waals surface area (Å²) in [6, 6.07) is 0. The molecule has 16 heavy (non-hydrogen) atoms. The number of allylic oxidation sites excluding steroid dienone is 1. The van der Waals surface area contributed by atoms with Crippen molar-refractivity contribution in [2.45, 2.75) is 52.9 Å². The maximum absolute atomic E-state index is 11.5. The summed E-state index contributed by atoms with van der Waals surface area (Å²) >= 11 is 0. The first-order valence-electron chi connectivity index (χ1n) is 6.50. The maximum Gasteiger partial charge on any atom is 0.333 e. The van der Waals surface area contributed by atoms with Gasteiger partial charge in [-0.15, -0.1) is 0 Å². The number of rotatable bonds is 4. The van der Waals surface area contributed by atoms with E-state index in [1.54, 1.807) is 0 Å². The van der Waals surface area contributed by atoms with Crippen LogP contribution in [-0.4, -0.2) is 12.6 Å². The van der Waals surface area contributed by atoms with E-state index in [0.717, 1.165) is 11.5 Å². The summed E-state index contributed by atoms with van der Waals surface area (Å²) in [6.07, 6.45) is 8.79. The van der Waals surface area contributed by atoms with Crippen LogP contribution in [0.3, 0.4) is 0 Å². The van der Waals surface area contributed by atoms with Crippen molar-refractivity contribution in [1.82, 2.24) is 0 Å². The van der Waals surface area contributed by atoms with Crippen LogP contribution < -0.4 is 0 Å². The SMILES string of the molecule is CCOC(=O)/C(C)=C/C(C)C1CCCCC1. The van der Waals surface area contributed by atoms with Gasteiger partial charge < -0.3 is 4.74 Å². The van der Waals surface area contributed by atoms with E-state index in [1.807, 2.05) is 13.8 Å². The van der Waals surface area contributed by atoms with E-state index >= 15 is 0 Å². The van der Waals surface area contributed by atoms with Gasteiger partial charge in [0.25, 0.3) is 0 Å². The van der Waals surface area contributed by atoms with Crippen molar-refractivity contribution in [2.24, 2.45) is 11.8 Å². The quantitative estimate of drug-likeness (QED) is 0.537. The van der Waals surface area contributed by atoms with E-state index in [9.17, 15) is 4.79 Å². The Morgan fingerprint density at radius 2 is 2.00 bits per heavy atom. The van der Waals surface area contributed by atoms with Crippen LogP contribution in [0.5, 0.6) is 0 Å². The van der Waals surface area contributed by atoms with Gasteiger partial charge in [0.15, 0.2) is 0 Å². The average molecular weight is 224 g/mol. The van der Waals surface area contributed by atoms with Crippen molar-refractivity contribution in [3.05, 3.63) is 11.6 Å². The van der Waals surface area contributed by atoms with Gasteiger partial charge >= 0.3 is 5.97 Å². The van der Waals surface area contributed by atoms with Gasteiger partial charge in [0.1, 0.15) is 0 Å². The number of carbonyl (C=O) groups is 1. The first-order valence-corrected chi connectivity index (χ1v) is 6.50. The number of carbonyl (C=O) groups excluding carboxylic acids is 1. The average Bonchev–Trinajstić information content (AvgIpc) is 2.30. The zero-order chi connectivity index (χ0) is 12.0. The zero-order valence-electron chi connectivity index (χ0n) is 10.8. The molecule has 0 saturated heterocycles. The summed E-state index contributed by atoms with van der Waals surface area (Å²) in [5.74, 6) is 1.10. The highest BCUT2D eigenvalue weighted by molar-refractivity contribution is 5.87. The zero-order valence-corrected chi connectivity index (χ0v) is 10.8. The van der Waals surface area contributed by atoms with Crippen LogP contribution in [0.1, 0.15) is 52.9 Å². The predicted molar refractivity (Wildman–Crippen MR) is 66.1 cm³/mol. The third-order valence-corrected chi connectivity index (χ3v) is 3.50. The first kappa shape index (κ1) is 13.3. The monoisotopic (exact) mass is 224 g/mol. The molecule has 1 aliphatic rings.